The summed E-state index contributed by atoms with van der Waals surface area (Å²) >= 11 is 0. The lowest BCUT2D eigenvalue weighted by Gasteiger charge is -2.35. The molecule has 0 aromatic carbocycles. The van der Waals surface area contributed by atoms with Crippen LogP contribution in [-0.4, -0.2) is 77.3 Å². The van der Waals surface area contributed by atoms with E-state index in [1.165, 1.54) is 4.31 Å². The van der Waals surface area contributed by atoms with Crippen molar-refractivity contribution in [1.29, 1.82) is 0 Å². The highest BCUT2D eigenvalue weighted by Crippen LogP contribution is 2.44. The second-order valence-corrected chi connectivity index (χ2v) is 10.8. The molecular weight excluding hydrogens is 452 g/mol. The molecule has 1 fully saturated rings. The summed E-state index contributed by atoms with van der Waals surface area (Å²) in [5.41, 5.74) is 4.41. The van der Waals surface area contributed by atoms with Crippen molar-refractivity contribution < 1.29 is 8.42 Å². The zero-order valence-corrected chi connectivity index (χ0v) is 20.9. The Kier molecular flexibility index (Phi) is 5.76. The Labute approximate surface area is 200 Å². The van der Waals surface area contributed by atoms with Gasteiger partial charge in [-0.05, 0) is 44.9 Å². The standard InChI is InChI=1S/C23H30N8O2S/c1-16-15-17(2)26-22-19(16)20-21(18(3)28(4)27-20)31(34(22,32)33)10-6-9-29-11-13-30(14-12-29)23-24-7-5-8-25-23/h5,7-8,15H,6,9-14H2,1-4H3. The fourth-order valence-electron chi connectivity index (χ4n) is 4.86. The van der Waals surface area contributed by atoms with Crippen LogP contribution in [0.4, 0.5) is 11.6 Å². The van der Waals surface area contributed by atoms with Gasteiger partial charge in [0.15, 0.2) is 5.03 Å². The van der Waals surface area contributed by atoms with E-state index in [9.17, 15) is 8.42 Å². The van der Waals surface area contributed by atoms with Gasteiger partial charge in [0.05, 0.1) is 5.69 Å². The summed E-state index contributed by atoms with van der Waals surface area (Å²) in [4.78, 5) is 17.7. The molecule has 5 rings (SSSR count). The first-order valence-electron chi connectivity index (χ1n) is 11.6. The van der Waals surface area contributed by atoms with Crippen molar-refractivity contribution in [3.8, 4) is 11.3 Å². The SMILES string of the molecule is Cc1cc(C)c2c(n1)S(=O)(=O)N(CCCN1CCN(c3ncccn3)CC1)c1c-2nn(C)c1C. The molecule has 5 heterocycles. The third-order valence-corrected chi connectivity index (χ3v) is 8.41. The Morgan fingerprint density at radius 1 is 1.00 bits per heavy atom. The van der Waals surface area contributed by atoms with Gasteiger partial charge in [-0.25, -0.2) is 15.0 Å². The van der Waals surface area contributed by atoms with Crippen molar-refractivity contribution in [2.45, 2.75) is 32.2 Å². The average molecular weight is 483 g/mol. The molecule has 0 bridgehead atoms. The number of anilines is 2. The van der Waals surface area contributed by atoms with Gasteiger partial charge in [-0.1, -0.05) is 0 Å². The molecular formula is C23H30N8O2S. The molecule has 2 aliphatic rings. The van der Waals surface area contributed by atoms with Crippen LogP contribution in [0, 0.1) is 20.8 Å². The number of hydrogen-bond acceptors (Lipinski definition) is 8. The molecule has 11 heteroatoms. The van der Waals surface area contributed by atoms with Gasteiger partial charge >= 0.3 is 0 Å². The Balaban J connectivity index is 1.33. The Bertz CT molecular complexity index is 1310. The number of sulfonamides is 1. The van der Waals surface area contributed by atoms with Gasteiger partial charge in [0, 0.05) is 70.0 Å². The number of hydrogen-bond donors (Lipinski definition) is 0. The maximum atomic E-state index is 13.7. The topological polar surface area (TPSA) is 100 Å². The van der Waals surface area contributed by atoms with Crippen LogP contribution in [0.1, 0.15) is 23.4 Å². The van der Waals surface area contributed by atoms with E-state index >= 15 is 0 Å². The van der Waals surface area contributed by atoms with Crippen LogP contribution in [0.5, 0.6) is 0 Å². The fraction of sp³-hybridized carbons (Fsp3) is 0.478. The molecule has 10 nitrogen and oxygen atoms in total. The van der Waals surface area contributed by atoms with Crippen LogP contribution >= 0.6 is 0 Å². The molecule has 34 heavy (non-hydrogen) atoms. The van der Waals surface area contributed by atoms with E-state index in [4.69, 9.17) is 0 Å². The number of fused-ring (bicyclic) bond motifs is 3. The van der Waals surface area contributed by atoms with Crippen LogP contribution in [-0.2, 0) is 17.1 Å². The minimum absolute atomic E-state index is 0.118. The molecule has 0 amide bonds. The van der Waals surface area contributed by atoms with E-state index in [2.05, 4.69) is 29.9 Å². The number of rotatable bonds is 5. The summed E-state index contributed by atoms with van der Waals surface area (Å²) < 4.78 is 30.7. The van der Waals surface area contributed by atoms with Gasteiger partial charge in [0.1, 0.15) is 11.4 Å². The van der Waals surface area contributed by atoms with Crippen molar-refractivity contribution in [3.63, 3.8) is 0 Å². The van der Waals surface area contributed by atoms with E-state index in [0.717, 1.165) is 56.4 Å². The molecule has 0 atom stereocenters. The predicted molar refractivity (Wildman–Crippen MR) is 130 cm³/mol. The van der Waals surface area contributed by atoms with Crippen molar-refractivity contribution >= 4 is 21.7 Å². The first-order chi connectivity index (χ1) is 16.3. The minimum Gasteiger partial charge on any atom is -0.338 e. The van der Waals surface area contributed by atoms with Crippen LogP contribution in [0.25, 0.3) is 11.3 Å². The smallest absolute Gasteiger partial charge is 0.282 e. The van der Waals surface area contributed by atoms with Gasteiger partial charge in [-0.15, -0.1) is 0 Å². The largest absolute Gasteiger partial charge is 0.338 e. The van der Waals surface area contributed by atoms with Gasteiger partial charge in [0.2, 0.25) is 5.95 Å². The number of pyridine rings is 1. The summed E-state index contributed by atoms with van der Waals surface area (Å²) in [6.45, 7) is 10.4. The number of piperazine rings is 1. The molecule has 1 saturated heterocycles. The van der Waals surface area contributed by atoms with Gasteiger partial charge in [-0.3, -0.25) is 13.9 Å². The predicted octanol–water partition coefficient (Wildman–Crippen LogP) is 1.92. The fourth-order valence-corrected chi connectivity index (χ4v) is 6.67. The van der Waals surface area contributed by atoms with E-state index < -0.39 is 10.0 Å². The van der Waals surface area contributed by atoms with E-state index in [0.29, 0.717) is 29.2 Å². The van der Waals surface area contributed by atoms with Gasteiger partial charge in [-0.2, -0.15) is 13.5 Å². The molecule has 0 spiro atoms. The lowest BCUT2D eigenvalue weighted by Crippen LogP contribution is -2.47. The Hall–Kier alpha value is -3.05. The molecule has 0 unspecified atom stereocenters. The average Bonchev–Trinajstić information content (AvgIpc) is 3.10. The maximum Gasteiger partial charge on any atom is 0.282 e. The van der Waals surface area contributed by atoms with Crippen LogP contribution in [0.2, 0.25) is 0 Å². The highest BCUT2D eigenvalue weighted by Gasteiger charge is 2.40. The second kappa shape index (κ2) is 8.62. The summed E-state index contributed by atoms with van der Waals surface area (Å²) in [5.74, 6) is 0.762. The normalized spacial score (nSPS) is 17.5. The third kappa shape index (κ3) is 3.82. The van der Waals surface area contributed by atoms with Crippen LogP contribution < -0.4 is 9.21 Å². The zero-order valence-electron chi connectivity index (χ0n) is 20.1. The van der Waals surface area contributed by atoms with Crippen LogP contribution in [0.15, 0.2) is 29.6 Å². The summed E-state index contributed by atoms with van der Waals surface area (Å²) in [6, 6.07) is 3.73. The van der Waals surface area contributed by atoms with E-state index in [1.54, 1.807) is 17.1 Å². The second-order valence-electron chi connectivity index (χ2n) is 8.98. The number of aryl methyl sites for hydroxylation is 3. The number of nitrogens with zero attached hydrogens (tertiary/aromatic N) is 8. The zero-order chi connectivity index (χ0) is 24.0. The maximum absolute atomic E-state index is 13.7. The highest BCUT2D eigenvalue weighted by molar-refractivity contribution is 7.93. The molecule has 2 aliphatic heterocycles. The molecule has 0 N–H and O–H groups in total. The van der Waals surface area contributed by atoms with Crippen LogP contribution in [0.3, 0.4) is 0 Å². The van der Waals surface area contributed by atoms with E-state index in [1.807, 2.05) is 40.0 Å². The Morgan fingerprint density at radius 3 is 2.41 bits per heavy atom. The summed E-state index contributed by atoms with van der Waals surface area (Å²) in [6.07, 6.45) is 4.24. The lowest BCUT2D eigenvalue weighted by molar-refractivity contribution is 0.255. The highest BCUT2D eigenvalue weighted by atomic mass is 32.2. The molecule has 0 radical (unpaired) electrons. The third-order valence-electron chi connectivity index (χ3n) is 6.68. The van der Waals surface area contributed by atoms with Crippen molar-refractivity contribution in [2.24, 2.45) is 7.05 Å². The molecule has 0 aliphatic carbocycles. The first kappa shape index (κ1) is 22.7. The Morgan fingerprint density at radius 2 is 1.71 bits per heavy atom. The molecule has 0 saturated carbocycles. The molecule has 3 aromatic heterocycles. The van der Waals surface area contributed by atoms with Crippen molar-refractivity contribution in [3.05, 3.63) is 41.5 Å². The number of aromatic nitrogens is 5. The molecule has 3 aromatic rings. The molecule has 180 valence electrons. The first-order valence-corrected chi connectivity index (χ1v) is 13.0. The van der Waals surface area contributed by atoms with E-state index in [-0.39, 0.29) is 5.03 Å². The lowest BCUT2D eigenvalue weighted by atomic mass is 10.1. The van der Waals surface area contributed by atoms with Gasteiger partial charge in [0.25, 0.3) is 10.0 Å². The quantitative estimate of drug-likeness (QED) is 0.544. The van der Waals surface area contributed by atoms with Crippen molar-refractivity contribution in [1.82, 2.24) is 29.6 Å². The van der Waals surface area contributed by atoms with Crippen molar-refractivity contribution in [2.75, 3.05) is 48.5 Å². The summed E-state index contributed by atoms with van der Waals surface area (Å²) in [7, 11) is -1.92. The monoisotopic (exact) mass is 482 g/mol. The summed E-state index contributed by atoms with van der Waals surface area (Å²) in [5, 5.41) is 4.79. The minimum atomic E-state index is -3.77. The van der Waals surface area contributed by atoms with Gasteiger partial charge < -0.3 is 4.90 Å².